The van der Waals surface area contributed by atoms with Crippen molar-refractivity contribution in [3.05, 3.63) is 11.9 Å². The second-order valence-corrected chi connectivity index (χ2v) is 4.31. The molecule has 0 aliphatic heterocycles. The number of methoxy groups -OCH3 is 1. The average molecular weight is 255 g/mol. The highest BCUT2D eigenvalue weighted by Gasteiger charge is 2.25. The molecule has 0 saturated heterocycles. The molecule has 2 unspecified atom stereocenters. The number of aryl methyl sites for hydroxylation is 1. The average Bonchev–Trinajstić information content (AvgIpc) is 2.72. The van der Waals surface area contributed by atoms with Crippen molar-refractivity contribution >= 4 is 0 Å². The van der Waals surface area contributed by atoms with Crippen LogP contribution in [0.2, 0.25) is 0 Å². The molecule has 1 heterocycles. The van der Waals surface area contributed by atoms with E-state index in [-0.39, 0.29) is 12.1 Å². The van der Waals surface area contributed by atoms with E-state index in [1.54, 1.807) is 13.3 Å². The molecule has 0 fully saturated rings. The van der Waals surface area contributed by atoms with E-state index in [2.05, 4.69) is 24.3 Å². The molecule has 0 radical (unpaired) electrons. The zero-order valence-corrected chi connectivity index (χ0v) is 12.1. The summed E-state index contributed by atoms with van der Waals surface area (Å²) in [5.41, 5.74) is 1.03. The van der Waals surface area contributed by atoms with Gasteiger partial charge in [-0.1, -0.05) is 6.92 Å². The monoisotopic (exact) mass is 255 g/mol. The van der Waals surface area contributed by atoms with E-state index in [9.17, 15) is 0 Å². The minimum absolute atomic E-state index is 0.0749. The van der Waals surface area contributed by atoms with Gasteiger partial charge in [0, 0.05) is 13.7 Å². The Kier molecular flexibility index (Phi) is 6.15. The lowest BCUT2D eigenvalue weighted by molar-refractivity contribution is 0.0444. The Balaban J connectivity index is 2.96. The Morgan fingerprint density at radius 1 is 1.44 bits per heavy atom. The highest BCUT2D eigenvalue weighted by molar-refractivity contribution is 5.29. The molecule has 0 saturated carbocycles. The normalized spacial score (nSPS) is 14.5. The molecule has 0 aliphatic rings. The van der Waals surface area contributed by atoms with E-state index in [4.69, 9.17) is 9.47 Å². The van der Waals surface area contributed by atoms with E-state index in [0.29, 0.717) is 6.61 Å². The summed E-state index contributed by atoms with van der Waals surface area (Å²) in [6.07, 6.45) is 2.90. The summed E-state index contributed by atoms with van der Waals surface area (Å²) in [4.78, 5) is 0. The number of nitrogens with zero attached hydrogens (tertiary/aromatic N) is 2. The topological polar surface area (TPSA) is 48.3 Å². The first kappa shape index (κ1) is 15.0. The van der Waals surface area contributed by atoms with Crippen molar-refractivity contribution in [3.8, 4) is 5.75 Å². The first-order valence-electron chi connectivity index (χ1n) is 6.56. The molecule has 1 N–H and O–H groups in total. The zero-order chi connectivity index (χ0) is 13.5. The van der Waals surface area contributed by atoms with Crippen LogP contribution in [-0.2, 0) is 11.8 Å². The van der Waals surface area contributed by atoms with Gasteiger partial charge in [0.05, 0.1) is 31.1 Å². The Bertz CT molecular complexity index is 352. The van der Waals surface area contributed by atoms with Crippen molar-refractivity contribution in [2.75, 3.05) is 20.3 Å². The van der Waals surface area contributed by atoms with Crippen LogP contribution in [0.5, 0.6) is 5.75 Å². The van der Waals surface area contributed by atoms with Gasteiger partial charge in [-0.05, 0) is 26.8 Å². The molecule has 104 valence electrons. The van der Waals surface area contributed by atoms with Gasteiger partial charge in [0.15, 0.2) is 5.75 Å². The van der Waals surface area contributed by atoms with E-state index >= 15 is 0 Å². The van der Waals surface area contributed by atoms with Crippen LogP contribution in [0.4, 0.5) is 0 Å². The van der Waals surface area contributed by atoms with E-state index in [1.165, 1.54) is 0 Å². The summed E-state index contributed by atoms with van der Waals surface area (Å²) >= 11 is 0. The van der Waals surface area contributed by atoms with Gasteiger partial charge in [0.2, 0.25) is 0 Å². The smallest absolute Gasteiger partial charge is 0.161 e. The van der Waals surface area contributed by atoms with E-state index in [1.807, 2.05) is 18.7 Å². The first-order valence-corrected chi connectivity index (χ1v) is 6.56. The molecule has 0 aromatic carbocycles. The summed E-state index contributed by atoms with van der Waals surface area (Å²) in [6.45, 7) is 7.87. The van der Waals surface area contributed by atoms with E-state index < -0.39 is 0 Å². The van der Waals surface area contributed by atoms with Gasteiger partial charge in [-0.3, -0.25) is 4.68 Å². The molecular formula is C13H25N3O2. The molecule has 5 nitrogen and oxygen atoms in total. The third-order valence-corrected chi connectivity index (χ3v) is 2.98. The fourth-order valence-electron chi connectivity index (χ4n) is 2.08. The molecule has 1 aromatic rings. The van der Waals surface area contributed by atoms with Gasteiger partial charge in [-0.25, -0.2) is 0 Å². The maximum Gasteiger partial charge on any atom is 0.161 e. The van der Waals surface area contributed by atoms with Gasteiger partial charge >= 0.3 is 0 Å². The van der Waals surface area contributed by atoms with Crippen LogP contribution in [0.3, 0.4) is 0 Å². The van der Waals surface area contributed by atoms with Crippen molar-refractivity contribution < 1.29 is 9.47 Å². The minimum Gasteiger partial charge on any atom is -0.493 e. The molecule has 1 rings (SSSR count). The fourth-order valence-corrected chi connectivity index (χ4v) is 2.08. The Hall–Kier alpha value is -1.07. The first-order chi connectivity index (χ1) is 8.65. The molecule has 18 heavy (non-hydrogen) atoms. The minimum atomic E-state index is 0.0749. The molecule has 1 aromatic heterocycles. The van der Waals surface area contributed by atoms with Crippen LogP contribution < -0.4 is 10.1 Å². The van der Waals surface area contributed by atoms with Crippen LogP contribution >= 0.6 is 0 Å². The summed E-state index contributed by atoms with van der Waals surface area (Å²) in [6, 6.07) is 0.0901. The number of hydrogen-bond acceptors (Lipinski definition) is 4. The number of rotatable bonds is 8. The Morgan fingerprint density at radius 2 is 2.17 bits per heavy atom. The number of nitrogens with one attached hydrogen (secondary N) is 1. The SMILES string of the molecule is CCCNC(c1c(OC)cnn1C)C(C)OCC. The lowest BCUT2D eigenvalue weighted by Crippen LogP contribution is -2.34. The molecule has 0 bridgehead atoms. The molecular weight excluding hydrogens is 230 g/mol. The lowest BCUT2D eigenvalue weighted by Gasteiger charge is -2.26. The largest absolute Gasteiger partial charge is 0.493 e. The predicted molar refractivity (Wildman–Crippen MR) is 71.9 cm³/mol. The summed E-state index contributed by atoms with van der Waals surface area (Å²) < 4.78 is 12.9. The van der Waals surface area contributed by atoms with E-state index in [0.717, 1.165) is 24.4 Å². The van der Waals surface area contributed by atoms with Gasteiger partial charge in [-0.15, -0.1) is 0 Å². The van der Waals surface area contributed by atoms with Gasteiger partial charge in [-0.2, -0.15) is 5.10 Å². The van der Waals surface area contributed by atoms with Crippen molar-refractivity contribution in [2.24, 2.45) is 7.05 Å². The van der Waals surface area contributed by atoms with Crippen molar-refractivity contribution in [2.45, 2.75) is 39.3 Å². The fraction of sp³-hybridized carbons (Fsp3) is 0.769. The third-order valence-electron chi connectivity index (χ3n) is 2.98. The Morgan fingerprint density at radius 3 is 2.72 bits per heavy atom. The summed E-state index contributed by atoms with van der Waals surface area (Å²) in [7, 11) is 3.60. The highest BCUT2D eigenvalue weighted by Crippen LogP contribution is 2.27. The zero-order valence-electron chi connectivity index (χ0n) is 12.1. The van der Waals surface area contributed by atoms with Gasteiger partial charge in [0.1, 0.15) is 0 Å². The number of ether oxygens (including phenoxy) is 2. The van der Waals surface area contributed by atoms with Crippen molar-refractivity contribution in [1.29, 1.82) is 0 Å². The maximum absolute atomic E-state index is 5.72. The number of aromatic nitrogens is 2. The van der Waals surface area contributed by atoms with Crippen LogP contribution in [0.15, 0.2) is 6.20 Å². The van der Waals surface area contributed by atoms with Crippen molar-refractivity contribution in [1.82, 2.24) is 15.1 Å². The predicted octanol–water partition coefficient (Wildman–Crippen LogP) is 1.89. The lowest BCUT2D eigenvalue weighted by atomic mass is 10.1. The molecule has 2 atom stereocenters. The highest BCUT2D eigenvalue weighted by atomic mass is 16.5. The Labute approximate surface area is 109 Å². The molecule has 5 heteroatoms. The van der Waals surface area contributed by atoms with Gasteiger partial charge in [0.25, 0.3) is 0 Å². The second-order valence-electron chi connectivity index (χ2n) is 4.31. The summed E-state index contributed by atoms with van der Waals surface area (Å²) in [5, 5.41) is 7.76. The standard InChI is InChI=1S/C13H25N3O2/c1-6-8-14-12(10(3)18-7-2)13-11(17-5)9-15-16(13)4/h9-10,12,14H,6-8H2,1-5H3. The third kappa shape index (κ3) is 3.46. The number of hydrogen-bond donors (Lipinski definition) is 1. The van der Waals surface area contributed by atoms with Gasteiger partial charge < -0.3 is 14.8 Å². The van der Waals surface area contributed by atoms with Crippen LogP contribution in [0.25, 0.3) is 0 Å². The maximum atomic E-state index is 5.72. The van der Waals surface area contributed by atoms with Crippen LogP contribution in [-0.4, -0.2) is 36.1 Å². The molecule has 0 amide bonds. The van der Waals surface area contributed by atoms with Crippen LogP contribution in [0, 0.1) is 0 Å². The molecule has 0 aliphatic carbocycles. The van der Waals surface area contributed by atoms with Crippen molar-refractivity contribution in [3.63, 3.8) is 0 Å². The second kappa shape index (κ2) is 7.38. The van der Waals surface area contributed by atoms with Crippen LogP contribution in [0.1, 0.15) is 38.9 Å². The quantitative estimate of drug-likeness (QED) is 0.770. The molecule has 0 spiro atoms. The summed E-state index contributed by atoms with van der Waals surface area (Å²) in [5.74, 6) is 0.803.